The molecule has 0 spiro atoms. The predicted octanol–water partition coefficient (Wildman–Crippen LogP) is 6.73. The summed E-state index contributed by atoms with van der Waals surface area (Å²) in [6.07, 6.45) is 9.52. The summed E-state index contributed by atoms with van der Waals surface area (Å²) in [5, 5.41) is 3.65. The van der Waals surface area contributed by atoms with Gasteiger partial charge in [0.05, 0.1) is 28.9 Å². The molecule has 0 saturated carbocycles. The highest BCUT2D eigenvalue weighted by atomic mass is 15.0. The molecular formula is C31H18N4. The molecule has 3 aromatic carbocycles. The van der Waals surface area contributed by atoms with Crippen LogP contribution in [0.5, 0.6) is 0 Å². The van der Waals surface area contributed by atoms with Gasteiger partial charge in [0.15, 0.2) is 0 Å². The van der Waals surface area contributed by atoms with E-state index in [1.54, 1.807) is 0 Å². The number of imidazole rings is 1. The zero-order valence-electron chi connectivity index (χ0n) is 18.8. The number of hydrogen-bond donors (Lipinski definition) is 0. The van der Waals surface area contributed by atoms with Gasteiger partial charge in [-0.3, -0.25) is 14.4 Å². The van der Waals surface area contributed by atoms with Gasteiger partial charge in [-0.05, 0) is 87.0 Å². The number of rotatable bonds is 0. The van der Waals surface area contributed by atoms with Gasteiger partial charge in [-0.15, -0.1) is 0 Å². The molecule has 7 aromatic rings. The summed E-state index contributed by atoms with van der Waals surface area (Å²) >= 11 is 0. The van der Waals surface area contributed by atoms with E-state index in [4.69, 9.17) is 4.98 Å². The second kappa shape index (κ2) is 6.10. The van der Waals surface area contributed by atoms with Gasteiger partial charge in [-0.1, -0.05) is 36.4 Å². The molecule has 0 radical (unpaired) electrons. The Labute approximate surface area is 200 Å². The molecule has 0 fully saturated rings. The summed E-state index contributed by atoms with van der Waals surface area (Å²) in [7, 11) is 0. The van der Waals surface area contributed by atoms with E-state index in [9.17, 15) is 0 Å². The minimum atomic E-state index is 0.956. The van der Waals surface area contributed by atoms with Gasteiger partial charge in [-0.2, -0.15) is 0 Å². The highest BCUT2D eigenvalue weighted by Gasteiger charge is 2.28. The monoisotopic (exact) mass is 446 g/mol. The van der Waals surface area contributed by atoms with Crippen molar-refractivity contribution in [2.24, 2.45) is 0 Å². The molecule has 0 aliphatic heterocycles. The maximum absolute atomic E-state index is 5.14. The Balaban J connectivity index is 1.45. The Kier molecular flexibility index (Phi) is 3.11. The topological polar surface area (TPSA) is 43.1 Å². The van der Waals surface area contributed by atoms with E-state index in [-0.39, 0.29) is 0 Å². The van der Waals surface area contributed by atoms with Crippen LogP contribution in [0.2, 0.25) is 0 Å². The van der Waals surface area contributed by atoms with Crippen molar-refractivity contribution in [2.75, 3.05) is 0 Å². The highest BCUT2D eigenvalue weighted by Crippen LogP contribution is 2.48. The second-order valence-electron chi connectivity index (χ2n) is 9.73. The van der Waals surface area contributed by atoms with E-state index in [2.05, 4.69) is 69.0 Å². The molecule has 4 aromatic heterocycles. The molecule has 0 N–H and O–H groups in total. The largest absolute Gasteiger partial charge is 0.289 e. The molecular weight excluding hydrogens is 428 g/mol. The van der Waals surface area contributed by atoms with Gasteiger partial charge in [-0.25, -0.2) is 4.98 Å². The molecule has 0 amide bonds. The van der Waals surface area contributed by atoms with Crippen molar-refractivity contribution in [2.45, 2.75) is 12.8 Å². The fourth-order valence-corrected chi connectivity index (χ4v) is 6.50. The SMILES string of the molecule is c1ccc2c(c1)Cc1cc3c(cc1-2)Cc1ccc2c4ccncc4n4c5cnccc5nc4c2c1-3. The molecule has 4 nitrogen and oxygen atoms in total. The third-order valence-corrected chi connectivity index (χ3v) is 7.97. The summed E-state index contributed by atoms with van der Waals surface area (Å²) in [5.41, 5.74) is 15.1. The fraction of sp³-hybridized carbons (Fsp3) is 0.0645. The van der Waals surface area contributed by atoms with Crippen LogP contribution < -0.4 is 0 Å². The third kappa shape index (κ3) is 2.15. The maximum atomic E-state index is 5.14. The van der Waals surface area contributed by atoms with Crippen LogP contribution in [-0.4, -0.2) is 19.4 Å². The third-order valence-electron chi connectivity index (χ3n) is 7.97. The number of hydrogen-bond acceptors (Lipinski definition) is 3. The predicted molar refractivity (Wildman–Crippen MR) is 140 cm³/mol. The first kappa shape index (κ1) is 17.8. The van der Waals surface area contributed by atoms with Gasteiger partial charge in [0, 0.05) is 23.2 Å². The quantitative estimate of drug-likeness (QED) is 0.243. The zero-order chi connectivity index (χ0) is 22.7. The number of benzene rings is 3. The van der Waals surface area contributed by atoms with Crippen molar-refractivity contribution >= 4 is 38.4 Å². The van der Waals surface area contributed by atoms with Crippen LogP contribution in [0.4, 0.5) is 0 Å². The number of pyridine rings is 3. The molecule has 0 saturated heterocycles. The van der Waals surface area contributed by atoms with Crippen molar-refractivity contribution in [1.29, 1.82) is 0 Å². The molecule has 9 rings (SSSR count). The van der Waals surface area contributed by atoms with Crippen LogP contribution in [0.15, 0.2) is 85.5 Å². The number of fused-ring (bicyclic) bond motifs is 15. The summed E-state index contributed by atoms with van der Waals surface area (Å²) in [6.45, 7) is 0. The van der Waals surface area contributed by atoms with Crippen LogP contribution in [0, 0.1) is 0 Å². The maximum Gasteiger partial charge on any atom is 0.147 e. The van der Waals surface area contributed by atoms with E-state index in [1.807, 2.05) is 30.9 Å². The molecule has 35 heavy (non-hydrogen) atoms. The summed E-state index contributed by atoms with van der Waals surface area (Å²) in [4.78, 5) is 14.0. The lowest BCUT2D eigenvalue weighted by Gasteiger charge is -2.13. The number of aromatic nitrogens is 4. The standard InChI is InChI=1S/C31H18N4/c1-2-4-21-17(3-1)11-19-14-25-20(13-24(19)21)12-18-5-6-23-22-7-9-32-15-27(22)35-28-16-33-10-8-26(28)34-31(35)30(23)29(18)25/h1-10,13-16H,11-12H2. The van der Waals surface area contributed by atoms with E-state index >= 15 is 0 Å². The number of nitrogens with zero attached hydrogens (tertiary/aromatic N) is 4. The zero-order valence-corrected chi connectivity index (χ0v) is 18.8. The van der Waals surface area contributed by atoms with E-state index in [0.717, 1.165) is 35.0 Å². The van der Waals surface area contributed by atoms with Crippen molar-refractivity contribution in [3.63, 3.8) is 0 Å². The van der Waals surface area contributed by atoms with Crippen molar-refractivity contribution in [3.05, 3.63) is 108 Å². The van der Waals surface area contributed by atoms with Gasteiger partial charge in [0.1, 0.15) is 5.65 Å². The molecule has 0 bridgehead atoms. The molecule has 4 heterocycles. The normalized spacial score (nSPS) is 13.5. The van der Waals surface area contributed by atoms with Gasteiger partial charge in [0.25, 0.3) is 0 Å². The molecule has 0 unspecified atom stereocenters. The second-order valence-corrected chi connectivity index (χ2v) is 9.73. The molecule has 0 atom stereocenters. The van der Waals surface area contributed by atoms with Crippen LogP contribution >= 0.6 is 0 Å². The van der Waals surface area contributed by atoms with Crippen LogP contribution in [0.3, 0.4) is 0 Å². The summed E-state index contributed by atoms with van der Waals surface area (Å²) < 4.78 is 2.24. The first-order chi connectivity index (χ1) is 17.3. The first-order valence-corrected chi connectivity index (χ1v) is 12.0. The fourth-order valence-electron chi connectivity index (χ4n) is 6.50. The molecule has 2 aliphatic carbocycles. The Morgan fingerprint density at radius 3 is 2.40 bits per heavy atom. The average molecular weight is 447 g/mol. The first-order valence-electron chi connectivity index (χ1n) is 12.0. The molecule has 162 valence electrons. The smallest absolute Gasteiger partial charge is 0.147 e. The Bertz CT molecular complexity index is 2070. The lowest BCUT2D eigenvalue weighted by Crippen LogP contribution is -1.95. The van der Waals surface area contributed by atoms with Crippen molar-refractivity contribution < 1.29 is 0 Å². The summed E-state index contributed by atoms with van der Waals surface area (Å²) in [6, 6.07) is 22.4. The average Bonchev–Trinajstić information content (AvgIpc) is 3.58. The van der Waals surface area contributed by atoms with E-state index in [0.29, 0.717) is 0 Å². The minimum Gasteiger partial charge on any atom is -0.289 e. The Hall–Kier alpha value is -4.57. The van der Waals surface area contributed by atoms with Crippen molar-refractivity contribution in [3.8, 4) is 22.3 Å². The highest BCUT2D eigenvalue weighted by molar-refractivity contribution is 6.19. The molecule has 4 heteroatoms. The Morgan fingerprint density at radius 2 is 1.43 bits per heavy atom. The van der Waals surface area contributed by atoms with Crippen LogP contribution in [0.1, 0.15) is 22.3 Å². The van der Waals surface area contributed by atoms with Crippen LogP contribution in [0.25, 0.3) is 60.6 Å². The Morgan fingerprint density at radius 1 is 0.629 bits per heavy atom. The molecule has 2 aliphatic rings. The summed E-state index contributed by atoms with van der Waals surface area (Å²) in [5.74, 6) is 0. The van der Waals surface area contributed by atoms with Gasteiger partial charge in [0.2, 0.25) is 0 Å². The van der Waals surface area contributed by atoms with E-state index in [1.165, 1.54) is 60.7 Å². The van der Waals surface area contributed by atoms with Crippen molar-refractivity contribution in [1.82, 2.24) is 19.4 Å². The van der Waals surface area contributed by atoms with Gasteiger partial charge < -0.3 is 0 Å². The van der Waals surface area contributed by atoms with Crippen LogP contribution in [-0.2, 0) is 12.8 Å². The lowest BCUT2D eigenvalue weighted by atomic mass is 9.94. The minimum absolute atomic E-state index is 0.956. The van der Waals surface area contributed by atoms with Gasteiger partial charge >= 0.3 is 0 Å². The van der Waals surface area contributed by atoms with E-state index < -0.39 is 0 Å². The lowest BCUT2D eigenvalue weighted by molar-refractivity contribution is 1.24.